The van der Waals surface area contributed by atoms with Crippen LogP contribution in [0.1, 0.15) is 25.1 Å². The van der Waals surface area contributed by atoms with Crippen LogP contribution in [0.25, 0.3) is 0 Å². The van der Waals surface area contributed by atoms with Crippen LogP contribution in [0.2, 0.25) is 0 Å². The molecule has 0 radical (unpaired) electrons. The fourth-order valence-electron chi connectivity index (χ4n) is 1.83. The van der Waals surface area contributed by atoms with E-state index >= 15 is 0 Å². The van der Waals surface area contributed by atoms with Gasteiger partial charge < -0.3 is 5.32 Å². The Labute approximate surface area is 117 Å². The van der Waals surface area contributed by atoms with Crippen molar-refractivity contribution in [2.45, 2.75) is 37.5 Å². The predicted octanol–water partition coefficient (Wildman–Crippen LogP) is 1.74. The van der Waals surface area contributed by atoms with Crippen molar-refractivity contribution in [3.8, 4) is 0 Å². The summed E-state index contributed by atoms with van der Waals surface area (Å²) < 4.78 is 1.90. The third kappa shape index (κ3) is 3.57. The topological polar surface area (TPSA) is 71.4 Å². The summed E-state index contributed by atoms with van der Waals surface area (Å²) in [5, 5.41) is 16.6. The Bertz CT molecular complexity index is 517. The van der Waals surface area contributed by atoms with E-state index in [1.807, 2.05) is 18.7 Å². The lowest BCUT2D eigenvalue weighted by molar-refractivity contribution is 0.548. The first-order valence-corrected chi connectivity index (χ1v) is 7.16. The van der Waals surface area contributed by atoms with Gasteiger partial charge in [-0.25, -0.2) is 4.98 Å². The highest BCUT2D eigenvalue weighted by atomic mass is 32.2. The number of aryl methyl sites for hydroxylation is 2. The first-order chi connectivity index (χ1) is 9.08. The SMILES string of the molecule is Cc1nn(C)c(Sc2ncn[nH]2)c1CNCC(C)C. The molecule has 6 nitrogen and oxygen atoms in total. The van der Waals surface area contributed by atoms with Gasteiger partial charge >= 0.3 is 0 Å². The van der Waals surface area contributed by atoms with E-state index in [2.05, 4.69) is 39.4 Å². The highest BCUT2D eigenvalue weighted by Crippen LogP contribution is 2.28. The third-order valence-corrected chi connectivity index (χ3v) is 3.82. The predicted molar refractivity (Wildman–Crippen MR) is 75.0 cm³/mol. The molecule has 0 spiro atoms. The number of aromatic amines is 1. The highest BCUT2D eigenvalue weighted by Gasteiger charge is 2.15. The Morgan fingerprint density at radius 2 is 2.26 bits per heavy atom. The first kappa shape index (κ1) is 14.1. The summed E-state index contributed by atoms with van der Waals surface area (Å²) in [6, 6.07) is 0. The van der Waals surface area contributed by atoms with E-state index < -0.39 is 0 Å². The lowest BCUT2D eigenvalue weighted by Crippen LogP contribution is -2.19. The number of hydrogen-bond donors (Lipinski definition) is 2. The van der Waals surface area contributed by atoms with Gasteiger partial charge in [0, 0.05) is 19.2 Å². The van der Waals surface area contributed by atoms with E-state index in [9.17, 15) is 0 Å². The largest absolute Gasteiger partial charge is 0.312 e. The zero-order valence-corrected chi connectivity index (χ0v) is 12.6. The van der Waals surface area contributed by atoms with Crippen molar-refractivity contribution in [3.63, 3.8) is 0 Å². The molecular formula is C12H20N6S. The van der Waals surface area contributed by atoms with Gasteiger partial charge in [0.2, 0.25) is 0 Å². The van der Waals surface area contributed by atoms with Gasteiger partial charge in [-0.3, -0.25) is 9.78 Å². The fraction of sp³-hybridized carbons (Fsp3) is 0.583. The molecule has 0 saturated carbocycles. The Balaban J connectivity index is 2.12. The van der Waals surface area contributed by atoms with Crippen LogP contribution >= 0.6 is 11.8 Å². The second-order valence-corrected chi connectivity index (χ2v) is 5.89. The molecule has 0 fully saturated rings. The maximum absolute atomic E-state index is 4.48. The van der Waals surface area contributed by atoms with E-state index in [-0.39, 0.29) is 0 Å². The van der Waals surface area contributed by atoms with Crippen LogP contribution in [0.5, 0.6) is 0 Å². The minimum atomic E-state index is 0.641. The molecule has 2 N–H and O–H groups in total. The van der Waals surface area contributed by atoms with Crippen LogP contribution in [0, 0.1) is 12.8 Å². The van der Waals surface area contributed by atoms with Crippen molar-refractivity contribution >= 4 is 11.8 Å². The van der Waals surface area contributed by atoms with Gasteiger partial charge in [0.15, 0.2) is 5.16 Å². The molecule has 19 heavy (non-hydrogen) atoms. The zero-order chi connectivity index (χ0) is 13.8. The van der Waals surface area contributed by atoms with E-state index in [4.69, 9.17) is 0 Å². The molecular weight excluding hydrogens is 260 g/mol. The number of aromatic nitrogens is 5. The Morgan fingerprint density at radius 1 is 1.47 bits per heavy atom. The molecule has 0 atom stereocenters. The number of hydrogen-bond acceptors (Lipinski definition) is 5. The molecule has 104 valence electrons. The van der Waals surface area contributed by atoms with Gasteiger partial charge in [0.1, 0.15) is 11.4 Å². The van der Waals surface area contributed by atoms with Gasteiger partial charge in [0.25, 0.3) is 0 Å². The minimum absolute atomic E-state index is 0.641. The average Bonchev–Trinajstić information content (AvgIpc) is 2.92. The first-order valence-electron chi connectivity index (χ1n) is 6.34. The monoisotopic (exact) mass is 280 g/mol. The van der Waals surface area contributed by atoms with Crippen molar-refractivity contribution in [1.29, 1.82) is 0 Å². The lowest BCUT2D eigenvalue weighted by Gasteiger charge is -2.08. The Morgan fingerprint density at radius 3 is 2.89 bits per heavy atom. The zero-order valence-electron chi connectivity index (χ0n) is 11.8. The van der Waals surface area contributed by atoms with E-state index in [1.165, 1.54) is 11.9 Å². The van der Waals surface area contributed by atoms with Crippen LogP contribution < -0.4 is 5.32 Å². The second-order valence-electron chi connectivity index (χ2n) is 4.91. The molecule has 0 aliphatic carbocycles. The van der Waals surface area contributed by atoms with E-state index in [0.717, 1.165) is 29.0 Å². The maximum atomic E-state index is 4.48. The molecule has 2 heterocycles. The maximum Gasteiger partial charge on any atom is 0.189 e. The standard InChI is InChI=1S/C12H20N6S/c1-8(2)5-13-6-10-9(3)17-18(4)11(10)19-12-14-7-15-16-12/h7-8,13H,5-6H2,1-4H3,(H,14,15,16). The van der Waals surface area contributed by atoms with Crippen molar-refractivity contribution in [2.75, 3.05) is 6.54 Å². The summed E-state index contributed by atoms with van der Waals surface area (Å²) in [5.41, 5.74) is 2.28. The Hall–Kier alpha value is -1.34. The van der Waals surface area contributed by atoms with Crippen molar-refractivity contribution < 1.29 is 0 Å². The van der Waals surface area contributed by atoms with Crippen molar-refractivity contribution in [1.82, 2.24) is 30.3 Å². The van der Waals surface area contributed by atoms with Gasteiger partial charge in [0.05, 0.1) is 5.69 Å². The summed E-state index contributed by atoms with van der Waals surface area (Å²) in [6.45, 7) is 8.27. The van der Waals surface area contributed by atoms with E-state index in [0.29, 0.717) is 5.92 Å². The number of nitrogens with one attached hydrogen (secondary N) is 2. The van der Waals surface area contributed by atoms with Gasteiger partial charge in [-0.05, 0) is 31.1 Å². The van der Waals surface area contributed by atoms with Crippen LogP contribution in [-0.2, 0) is 13.6 Å². The minimum Gasteiger partial charge on any atom is -0.312 e. The van der Waals surface area contributed by atoms with Crippen LogP contribution in [0.4, 0.5) is 0 Å². The number of H-pyrrole nitrogens is 1. The highest BCUT2D eigenvalue weighted by molar-refractivity contribution is 7.99. The molecule has 2 rings (SSSR count). The molecule has 2 aromatic rings. The lowest BCUT2D eigenvalue weighted by atomic mass is 10.2. The van der Waals surface area contributed by atoms with Gasteiger partial charge in [-0.2, -0.15) is 10.2 Å². The molecule has 0 saturated heterocycles. The Kier molecular flexibility index (Phi) is 4.60. The summed E-state index contributed by atoms with van der Waals surface area (Å²) >= 11 is 1.56. The average molecular weight is 280 g/mol. The van der Waals surface area contributed by atoms with Crippen molar-refractivity contribution in [2.24, 2.45) is 13.0 Å². The van der Waals surface area contributed by atoms with Crippen LogP contribution in [0.15, 0.2) is 16.5 Å². The van der Waals surface area contributed by atoms with Gasteiger partial charge in [-0.15, -0.1) is 0 Å². The molecule has 0 aromatic carbocycles. The smallest absolute Gasteiger partial charge is 0.189 e. The van der Waals surface area contributed by atoms with Gasteiger partial charge in [-0.1, -0.05) is 13.8 Å². The number of rotatable bonds is 6. The molecule has 0 aliphatic rings. The summed E-state index contributed by atoms with van der Waals surface area (Å²) in [7, 11) is 1.96. The molecule has 0 aliphatic heterocycles. The molecule has 0 amide bonds. The molecule has 2 aromatic heterocycles. The molecule has 7 heteroatoms. The van der Waals surface area contributed by atoms with E-state index in [1.54, 1.807) is 11.8 Å². The third-order valence-electron chi connectivity index (χ3n) is 2.73. The summed E-state index contributed by atoms with van der Waals surface area (Å²) in [4.78, 5) is 4.15. The fourth-order valence-corrected chi connectivity index (χ4v) is 2.73. The van der Waals surface area contributed by atoms with Crippen LogP contribution in [0.3, 0.4) is 0 Å². The second kappa shape index (κ2) is 6.21. The molecule has 0 unspecified atom stereocenters. The molecule has 0 bridgehead atoms. The normalized spacial score (nSPS) is 11.4. The number of nitrogens with zero attached hydrogens (tertiary/aromatic N) is 4. The summed E-state index contributed by atoms with van der Waals surface area (Å²) in [5.74, 6) is 0.641. The summed E-state index contributed by atoms with van der Waals surface area (Å²) in [6.07, 6.45) is 1.52. The quantitative estimate of drug-likeness (QED) is 0.843. The van der Waals surface area contributed by atoms with Crippen LogP contribution in [-0.4, -0.2) is 31.5 Å². The van der Waals surface area contributed by atoms with Crippen molar-refractivity contribution in [3.05, 3.63) is 17.6 Å².